The number of halogens is 1. The van der Waals surface area contributed by atoms with E-state index in [1.165, 1.54) is 11.8 Å². The summed E-state index contributed by atoms with van der Waals surface area (Å²) in [5, 5.41) is 11.3. The van der Waals surface area contributed by atoms with Crippen LogP contribution in [-0.2, 0) is 9.59 Å². The Hall–Kier alpha value is -0.800. The number of rotatable bonds is 6. The minimum atomic E-state index is -1.06. The number of carbonyl (C=O) groups is 2. The molecule has 4 N–H and O–H groups in total. The van der Waals surface area contributed by atoms with E-state index >= 15 is 0 Å². The molecule has 0 radical (unpaired) electrons. The van der Waals surface area contributed by atoms with Crippen molar-refractivity contribution in [1.29, 1.82) is 0 Å². The van der Waals surface area contributed by atoms with Crippen molar-refractivity contribution < 1.29 is 14.7 Å². The number of carboxylic acid groups (broad SMARTS) is 1. The number of aliphatic carboxylic acids is 1. The summed E-state index contributed by atoms with van der Waals surface area (Å²) in [5.74, 6) is -0.818. The Labute approximate surface area is 123 Å². The van der Waals surface area contributed by atoms with E-state index in [0.717, 1.165) is 9.26 Å². The first-order valence-corrected chi connectivity index (χ1v) is 7.34. The van der Waals surface area contributed by atoms with Crippen molar-refractivity contribution in [2.45, 2.75) is 6.04 Å². The monoisotopic (exact) mass is 380 g/mol. The Morgan fingerprint density at radius 2 is 2.22 bits per heavy atom. The van der Waals surface area contributed by atoms with Crippen LogP contribution in [0.5, 0.6) is 0 Å². The van der Waals surface area contributed by atoms with Gasteiger partial charge in [0.05, 0.1) is 5.75 Å². The fourth-order valence-corrected chi connectivity index (χ4v) is 2.43. The molecule has 1 aromatic rings. The first-order valence-electron chi connectivity index (χ1n) is 5.10. The number of nitrogens with one attached hydrogen (secondary N) is 1. The van der Waals surface area contributed by atoms with E-state index in [0.29, 0.717) is 0 Å². The molecule has 18 heavy (non-hydrogen) atoms. The Bertz CT molecular complexity index is 442. The van der Waals surface area contributed by atoms with Crippen LogP contribution in [-0.4, -0.2) is 34.5 Å². The number of benzene rings is 1. The number of carbonyl (C=O) groups excluding carboxylic acids is 1. The smallest absolute Gasteiger partial charge is 0.321 e. The molecule has 0 aliphatic heterocycles. The normalized spacial score (nSPS) is 11.9. The predicted molar refractivity (Wildman–Crippen MR) is 80.7 cm³/mol. The molecular weight excluding hydrogens is 367 g/mol. The lowest BCUT2D eigenvalue weighted by molar-refractivity contribution is -0.137. The second-order valence-electron chi connectivity index (χ2n) is 3.52. The lowest BCUT2D eigenvalue weighted by atomic mass is 10.3. The van der Waals surface area contributed by atoms with E-state index in [2.05, 4.69) is 27.9 Å². The van der Waals surface area contributed by atoms with Crippen LogP contribution in [0.25, 0.3) is 0 Å². The van der Waals surface area contributed by atoms with Gasteiger partial charge in [-0.2, -0.15) is 0 Å². The van der Waals surface area contributed by atoms with E-state index in [4.69, 9.17) is 10.8 Å². The van der Waals surface area contributed by atoms with E-state index in [9.17, 15) is 9.59 Å². The van der Waals surface area contributed by atoms with Crippen LogP contribution >= 0.6 is 34.4 Å². The zero-order valence-corrected chi connectivity index (χ0v) is 12.4. The van der Waals surface area contributed by atoms with Crippen molar-refractivity contribution >= 4 is 51.9 Å². The number of hydrogen-bond donors (Lipinski definition) is 3. The molecule has 0 aliphatic rings. The summed E-state index contributed by atoms with van der Waals surface area (Å²) in [6.07, 6.45) is 0. The SMILES string of the molecule is N[C@@H](CSCC(=O)Nc1cccc(I)c1)C(=O)O. The van der Waals surface area contributed by atoms with Crippen molar-refractivity contribution in [3.63, 3.8) is 0 Å². The molecule has 0 saturated carbocycles. The fraction of sp³-hybridized carbons (Fsp3) is 0.273. The zero-order chi connectivity index (χ0) is 13.5. The highest BCUT2D eigenvalue weighted by Gasteiger charge is 2.12. The molecule has 1 rings (SSSR count). The van der Waals surface area contributed by atoms with Crippen LogP contribution in [0.2, 0.25) is 0 Å². The highest BCUT2D eigenvalue weighted by molar-refractivity contribution is 14.1. The van der Waals surface area contributed by atoms with Crippen LogP contribution < -0.4 is 11.1 Å². The largest absolute Gasteiger partial charge is 0.480 e. The Morgan fingerprint density at radius 3 is 2.83 bits per heavy atom. The Morgan fingerprint density at radius 1 is 1.50 bits per heavy atom. The standard InChI is InChI=1S/C11H13IN2O3S/c12-7-2-1-3-8(4-7)14-10(15)6-18-5-9(13)11(16)17/h1-4,9H,5-6,13H2,(H,14,15)(H,16,17)/t9-/m0/s1. The minimum Gasteiger partial charge on any atom is -0.480 e. The zero-order valence-electron chi connectivity index (χ0n) is 9.43. The van der Waals surface area contributed by atoms with Gasteiger partial charge in [-0.25, -0.2) is 0 Å². The number of nitrogens with two attached hydrogens (primary N) is 1. The van der Waals surface area contributed by atoms with Crippen LogP contribution in [0.15, 0.2) is 24.3 Å². The summed E-state index contributed by atoms with van der Waals surface area (Å²) >= 11 is 3.36. The van der Waals surface area contributed by atoms with Crippen molar-refractivity contribution in [3.8, 4) is 0 Å². The minimum absolute atomic E-state index is 0.167. The molecule has 0 bridgehead atoms. The molecule has 0 spiro atoms. The maximum Gasteiger partial charge on any atom is 0.321 e. The van der Waals surface area contributed by atoms with Gasteiger partial charge in [0.2, 0.25) is 5.91 Å². The third-order valence-electron chi connectivity index (χ3n) is 1.96. The van der Waals surface area contributed by atoms with E-state index in [1.54, 1.807) is 6.07 Å². The second kappa shape index (κ2) is 7.59. The number of anilines is 1. The summed E-state index contributed by atoms with van der Waals surface area (Å²) in [6.45, 7) is 0. The molecule has 7 heteroatoms. The van der Waals surface area contributed by atoms with Gasteiger partial charge >= 0.3 is 5.97 Å². The average Bonchev–Trinajstić information content (AvgIpc) is 2.28. The molecule has 0 aliphatic carbocycles. The predicted octanol–water partition coefficient (Wildman–Crippen LogP) is 1.37. The second-order valence-corrected chi connectivity index (χ2v) is 5.79. The van der Waals surface area contributed by atoms with Crippen LogP contribution in [0.4, 0.5) is 5.69 Å². The van der Waals surface area contributed by atoms with Gasteiger partial charge < -0.3 is 16.2 Å². The third kappa shape index (κ3) is 5.69. The van der Waals surface area contributed by atoms with Crippen LogP contribution in [0.1, 0.15) is 0 Å². The molecule has 0 saturated heterocycles. The van der Waals surface area contributed by atoms with Gasteiger partial charge in [0, 0.05) is 15.0 Å². The number of amides is 1. The number of carboxylic acids is 1. The molecule has 5 nitrogen and oxygen atoms in total. The highest BCUT2D eigenvalue weighted by Crippen LogP contribution is 2.13. The molecule has 0 fully saturated rings. The molecule has 0 heterocycles. The molecule has 98 valence electrons. The van der Waals surface area contributed by atoms with E-state index in [1.807, 2.05) is 18.2 Å². The van der Waals surface area contributed by atoms with E-state index in [-0.39, 0.29) is 17.4 Å². The van der Waals surface area contributed by atoms with Crippen molar-refractivity contribution in [1.82, 2.24) is 0 Å². The van der Waals surface area contributed by atoms with Gasteiger partial charge in [-0.1, -0.05) is 6.07 Å². The van der Waals surface area contributed by atoms with Gasteiger partial charge in [0.25, 0.3) is 0 Å². The van der Waals surface area contributed by atoms with Crippen LogP contribution in [0, 0.1) is 3.57 Å². The molecule has 1 atom stereocenters. The molecule has 0 aromatic heterocycles. The van der Waals surface area contributed by atoms with E-state index < -0.39 is 12.0 Å². The lowest BCUT2D eigenvalue weighted by Crippen LogP contribution is -2.33. The molecular formula is C11H13IN2O3S. The average molecular weight is 380 g/mol. The first-order chi connectivity index (χ1) is 8.49. The quantitative estimate of drug-likeness (QED) is 0.649. The van der Waals surface area contributed by atoms with Gasteiger partial charge in [-0.3, -0.25) is 9.59 Å². The third-order valence-corrected chi connectivity index (χ3v) is 3.69. The van der Waals surface area contributed by atoms with Gasteiger partial charge in [0.15, 0.2) is 0 Å². The Kier molecular flexibility index (Phi) is 6.44. The summed E-state index contributed by atoms with van der Waals surface area (Å²) < 4.78 is 1.03. The topological polar surface area (TPSA) is 92.4 Å². The first kappa shape index (κ1) is 15.3. The van der Waals surface area contributed by atoms with Gasteiger partial charge in [-0.05, 0) is 40.8 Å². The molecule has 1 aromatic carbocycles. The fourth-order valence-electron chi connectivity index (χ4n) is 1.11. The van der Waals surface area contributed by atoms with Crippen molar-refractivity contribution in [2.24, 2.45) is 5.73 Å². The van der Waals surface area contributed by atoms with Crippen LogP contribution in [0.3, 0.4) is 0 Å². The summed E-state index contributed by atoms with van der Waals surface area (Å²) in [6, 6.07) is 6.50. The number of hydrogen-bond acceptors (Lipinski definition) is 4. The summed E-state index contributed by atoms with van der Waals surface area (Å²) in [5.41, 5.74) is 6.05. The summed E-state index contributed by atoms with van der Waals surface area (Å²) in [7, 11) is 0. The molecule has 1 amide bonds. The lowest BCUT2D eigenvalue weighted by Gasteiger charge is -2.07. The van der Waals surface area contributed by atoms with Gasteiger partial charge in [-0.15, -0.1) is 11.8 Å². The van der Waals surface area contributed by atoms with Crippen molar-refractivity contribution in [2.75, 3.05) is 16.8 Å². The highest BCUT2D eigenvalue weighted by atomic mass is 127. The summed E-state index contributed by atoms with van der Waals surface area (Å²) in [4.78, 5) is 22.0. The molecule has 0 unspecified atom stereocenters. The maximum atomic E-state index is 11.6. The maximum absolute atomic E-state index is 11.6. The van der Waals surface area contributed by atoms with Crippen molar-refractivity contribution in [3.05, 3.63) is 27.8 Å². The Balaban J connectivity index is 2.32. The van der Waals surface area contributed by atoms with Gasteiger partial charge in [0.1, 0.15) is 6.04 Å². The number of thioether (sulfide) groups is 1.